The number of rotatable bonds is 4. The molecule has 3 nitrogen and oxygen atoms in total. The number of benzene rings is 1. The highest BCUT2D eigenvalue weighted by molar-refractivity contribution is 5.95. The third kappa shape index (κ3) is 4.37. The van der Waals surface area contributed by atoms with E-state index in [-0.39, 0.29) is 0 Å². The van der Waals surface area contributed by atoms with Crippen LogP contribution in [0.1, 0.15) is 6.92 Å². The molecule has 0 aliphatic carbocycles. The number of halogens is 3. The molecule has 1 aromatic carbocycles. The van der Waals surface area contributed by atoms with Gasteiger partial charge in [0.1, 0.15) is 12.7 Å². The first-order chi connectivity index (χ1) is 8.31. The molecular formula is C12H14F3NO2. The summed E-state index contributed by atoms with van der Waals surface area (Å²) >= 11 is 0. The van der Waals surface area contributed by atoms with E-state index in [4.69, 9.17) is 0 Å². The summed E-state index contributed by atoms with van der Waals surface area (Å²) in [4.78, 5) is 13.1. The van der Waals surface area contributed by atoms with Crippen LogP contribution in [0.25, 0.3) is 0 Å². The van der Waals surface area contributed by atoms with Gasteiger partial charge in [-0.1, -0.05) is 18.2 Å². The third-order valence-electron chi connectivity index (χ3n) is 2.32. The minimum absolute atomic E-state index is 0.523. The molecule has 100 valence electrons. The highest BCUT2D eigenvalue weighted by Gasteiger charge is 2.30. The van der Waals surface area contributed by atoms with Crippen LogP contribution in [-0.4, -0.2) is 31.8 Å². The molecule has 0 bridgehead atoms. The fourth-order valence-corrected chi connectivity index (χ4v) is 1.34. The molecule has 1 amide bonds. The first-order valence-corrected chi connectivity index (χ1v) is 5.32. The van der Waals surface area contributed by atoms with E-state index in [1.54, 1.807) is 30.3 Å². The molecule has 1 atom stereocenters. The molecule has 0 spiro atoms. The molecule has 0 aliphatic rings. The molecule has 1 aromatic rings. The number of ether oxygens (including phenoxy) is 1. The van der Waals surface area contributed by atoms with Crippen molar-refractivity contribution in [1.82, 2.24) is 0 Å². The summed E-state index contributed by atoms with van der Waals surface area (Å²) in [6, 6.07) is 8.63. The van der Waals surface area contributed by atoms with E-state index in [0.29, 0.717) is 5.69 Å². The number of para-hydroxylation sites is 1. The second-order valence-corrected chi connectivity index (χ2v) is 3.80. The second-order valence-electron chi connectivity index (χ2n) is 3.80. The van der Waals surface area contributed by atoms with Crippen molar-refractivity contribution >= 4 is 11.6 Å². The van der Waals surface area contributed by atoms with Crippen LogP contribution in [-0.2, 0) is 9.53 Å². The summed E-state index contributed by atoms with van der Waals surface area (Å²) in [5.41, 5.74) is 0.602. The van der Waals surface area contributed by atoms with Gasteiger partial charge >= 0.3 is 6.18 Å². The van der Waals surface area contributed by atoms with Gasteiger partial charge in [-0.15, -0.1) is 0 Å². The summed E-state index contributed by atoms with van der Waals surface area (Å²) in [7, 11) is 1.49. The van der Waals surface area contributed by atoms with Gasteiger partial charge in [-0.2, -0.15) is 13.2 Å². The zero-order valence-corrected chi connectivity index (χ0v) is 10.1. The Morgan fingerprint density at radius 3 is 2.39 bits per heavy atom. The highest BCUT2D eigenvalue weighted by atomic mass is 19.4. The van der Waals surface area contributed by atoms with Crippen molar-refractivity contribution in [2.24, 2.45) is 0 Å². The van der Waals surface area contributed by atoms with Crippen LogP contribution in [0.3, 0.4) is 0 Å². The Bertz CT molecular complexity index is 392. The number of anilines is 1. The number of amides is 1. The van der Waals surface area contributed by atoms with Gasteiger partial charge in [0, 0.05) is 12.7 Å². The van der Waals surface area contributed by atoms with Crippen LogP contribution in [0.5, 0.6) is 0 Å². The van der Waals surface area contributed by atoms with Crippen molar-refractivity contribution in [1.29, 1.82) is 0 Å². The lowest BCUT2D eigenvalue weighted by Crippen LogP contribution is -2.38. The highest BCUT2D eigenvalue weighted by Crippen LogP contribution is 2.17. The lowest BCUT2D eigenvalue weighted by Gasteiger charge is -2.22. The van der Waals surface area contributed by atoms with E-state index in [1.165, 1.54) is 18.9 Å². The lowest BCUT2D eigenvalue weighted by molar-refractivity contribution is -0.185. The largest absolute Gasteiger partial charge is 0.411 e. The SMILES string of the molecule is C[C@H](OCC(F)(F)F)C(=O)N(C)c1ccccc1. The van der Waals surface area contributed by atoms with Crippen molar-refractivity contribution in [2.45, 2.75) is 19.2 Å². The van der Waals surface area contributed by atoms with E-state index >= 15 is 0 Å². The number of hydrogen-bond acceptors (Lipinski definition) is 2. The van der Waals surface area contributed by atoms with Crippen molar-refractivity contribution in [2.75, 3.05) is 18.6 Å². The zero-order valence-electron chi connectivity index (χ0n) is 10.1. The number of nitrogens with zero attached hydrogens (tertiary/aromatic N) is 1. The average molecular weight is 261 g/mol. The van der Waals surface area contributed by atoms with Gasteiger partial charge < -0.3 is 9.64 Å². The van der Waals surface area contributed by atoms with Crippen LogP contribution >= 0.6 is 0 Å². The number of hydrogen-bond donors (Lipinski definition) is 0. The monoisotopic (exact) mass is 261 g/mol. The molecule has 0 radical (unpaired) electrons. The normalized spacial score (nSPS) is 13.2. The second kappa shape index (κ2) is 5.86. The van der Waals surface area contributed by atoms with Crippen molar-refractivity contribution in [3.8, 4) is 0 Å². The topological polar surface area (TPSA) is 29.5 Å². The van der Waals surface area contributed by atoms with Gasteiger partial charge in [-0.3, -0.25) is 4.79 Å². The minimum atomic E-state index is -4.43. The minimum Gasteiger partial charge on any atom is -0.359 e. The molecule has 0 unspecified atom stereocenters. The molecule has 0 N–H and O–H groups in total. The maximum Gasteiger partial charge on any atom is 0.411 e. The average Bonchev–Trinajstić information content (AvgIpc) is 2.34. The van der Waals surface area contributed by atoms with Crippen LogP contribution < -0.4 is 4.90 Å². The maximum absolute atomic E-state index is 12.0. The molecule has 0 fully saturated rings. The first-order valence-electron chi connectivity index (χ1n) is 5.32. The summed E-state index contributed by atoms with van der Waals surface area (Å²) in [5.74, 6) is -0.523. The van der Waals surface area contributed by atoms with Gasteiger partial charge in [0.15, 0.2) is 0 Å². The number of likely N-dealkylation sites (N-methyl/N-ethyl adjacent to an activating group) is 1. The lowest BCUT2D eigenvalue weighted by atomic mass is 10.2. The Balaban J connectivity index is 2.59. The molecule has 0 aliphatic heterocycles. The van der Waals surface area contributed by atoms with Crippen LogP contribution in [0.15, 0.2) is 30.3 Å². The Hall–Kier alpha value is -1.56. The van der Waals surface area contributed by atoms with Gasteiger partial charge in [0.05, 0.1) is 0 Å². The van der Waals surface area contributed by atoms with E-state index in [2.05, 4.69) is 4.74 Å². The Morgan fingerprint density at radius 1 is 1.33 bits per heavy atom. The van der Waals surface area contributed by atoms with E-state index in [9.17, 15) is 18.0 Å². The quantitative estimate of drug-likeness (QED) is 0.833. The summed E-state index contributed by atoms with van der Waals surface area (Å²) < 4.78 is 40.4. The van der Waals surface area contributed by atoms with Crippen LogP contribution in [0, 0.1) is 0 Å². The molecule has 6 heteroatoms. The van der Waals surface area contributed by atoms with Gasteiger partial charge in [-0.25, -0.2) is 0 Å². The molecular weight excluding hydrogens is 247 g/mol. The zero-order chi connectivity index (χ0) is 13.8. The number of carbonyl (C=O) groups excluding carboxylic acids is 1. The Morgan fingerprint density at radius 2 is 1.89 bits per heavy atom. The van der Waals surface area contributed by atoms with Crippen molar-refractivity contribution in [3.05, 3.63) is 30.3 Å². The predicted molar refractivity (Wildman–Crippen MR) is 61.3 cm³/mol. The van der Waals surface area contributed by atoms with E-state index < -0.39 is 24.8 Å². The fourth-order valence-electron chi connectivity index (χ4n) is 1.34. The molecule has 1 rings (SSSR count). The standard InChI is InChI=1S/C12H14F3NO2/c1-9(18-8-12(13,14)15)11(17)16(2)10-6-4-3-5-7-10/h3-7,9H,8H2,1-2H3/t9-/m0/s1. The molecule has 0 aromatic heterocycles. The predicted octanol–water partition coefficient (Wildman–Crippen LogP) is 2.62. The molecule has 0 saturated carbocycles. The van der Waals surface area contributed by atoms with Crippen LogP contribution in [0.4, 0.5) is 18.9 Å². The number of carbonyl (C=O) groups is 1. The smallest absolute Gasteiger partial charge is 0.359 e. The van der Waals surface area contributed by atoms with E-state index in [0.717, 1.165) is 0 Å². The molecule has 18 heavy (non-hydrogen) atoms. The first kappa shape index (κ1) is 14.5. The maximum atomic E-state index is 12.0. The molecule has 0 saturated heterocycles. The van der Waals surface area contributed by atoms with Crippen molar-refractivity contribution < 1.29 is 22.7 Å². The van der Waals surface area contributed by atoms with E-state index in [1.807, 2.05) is 0 Å². The van der Waals surface area contributed by atoms with Gasteiger partial charge in [-0.05, 0) is 19.1 Å². The summed E-state index contributed by atoms with van der Waals surface area (Å²) in [6.45, 7) is -0.129. The van der Waals surface area contributed by atoms with Gasteiger partial charge in [0.2, 0.25) is 0 Å². The van der Waals surface area contributed by atoms with Crippen LogP contribution in [0.2, 0.25) is 0 Å². The number of alkyl halides is 3. The fraction of sp³-hybridized carbons (Fsp3) is 0.417. The Labute approximate surface area is 103 Å². The Kier molecular flexibility index (Phi) is 4.72. The van der Waals surface area contributed by atoms with Crippen molar-refractivity contribution in [3.63, 3.8) is 0 Å². The summed E-state index contributed by atoms with van der Waals surface area (Å²) in [6.07, 6.45) is -5.57. The van der Waals surface area contributed by atoms with Gasteiger partial charge in [0.25, 0.3) is 5.91 Å². The summed E-state index contributed by atoms with van der Waals surface area (Å²) in [5, 5.41) is 0. The molecule has 0 heterocycles. The third-order valence-corrected chi connectivity index (χ3v) is 2.32.